The maximum Gasteiger partial charge on any atom is 0.168 e. The zero-order valence-corrected chi connectivity index (χ0v) is 8.68. The molecule has 82 valence electrons. The number of rotatable bonds is 7. The Morgan fingerprint density at radius 3 is 2.67 bits per heavy atom. The molecule has 0 spiro atoms. The number of ketones is 1. The van der Waals surface area contributed by atoms with Crippen molar-refractivity contribution < 1.29 is 14.3 Å². The van der Waals surface area contributed by atoms with Crippen molar-refractivity contribution in [2.24, 2.45) is 0 Å². The zero-order chi connectivity index (χ0) is 10.9. The smallest absolute Gasteiger partial charge is 0.168 e. The van der Waals surface area contributed by atoms with Crippen molar-refractivity contribution in [3.8, 4) is 0 Å². The predicted molar refractivity (Wildman–Crippen MR) is 53.7 cm³/mol. The molecule has 0 aliphatic heterocycles. The minimum absolute atomic E-state index is 0.00647. The van der Waals surface area contributed by atoms with E-state index >= 15 is 0 Å². The van der Waals surface area contributed by atoms with Crippen molar-refractivity contribution in [3.63, 3.8) is 0 Å². The van der Waals surface area contributed by atoms with Gasteiger partial charge in [-0.1, -0.05) is 0 Å². The van der Waals surface area contributed by atoms with Gasteiger partial charge in [0.1, 0.15) is 6.33 Å². The Balaban J connectivity index is 2.20. The van der Waals surface area contributed by atoms with Crippen LogP contribution in [0.1, 0.15) is 16.8 Å². The van der Waals surface area contributed by atoms with Crippen LogP contribution in [0, 0.1) is 0 Å². The van der Waals surface area contributed by atoms with Gasteiger partial charge in [0.05, 0.1) is 25.4 Å². The number of ether oxygens (including phenoxy) is 2. The van der Waals surface area contributed by atoms with Gasteiger partial charge < -0.3 is 9.47 Å². The van der Waals surface area contributed by atoms with Gasteiger partial charge in [0.25, 0.3) is 0 Å². The number of carbonyl (C=O) groups is 1. The standard InChI is InChI=1S/C10H14N2O3/c1-14-4-5-15-3-2-10(13)9-6-11-8-12-7-9/h6-8H,2-5H2,1H3. The van der Waals surface area contributed by atoms with Crippen LogP contribution in [-0.2, 0) is 9.47 Å². The van der Waals surface area contributed by atoms with Crippen LogP contribution < -0.4 is 0 Å². The van der Waals surface area contributed by atoms with Crippen molar-refractivity contribution in [1.82, 2.24) is 9.97 Å². The fourth-order valence-corrected chi connectivity index (χ4v) is 0.997. The Morgan fingerprint density at radius 2 is 2.00 bits per heavy atom. The summed E-state index contributed by atoms with van der Waals surface area (Å²) in [7, 11) is 1.61. The van der Waals surface area contributed by atoms with E-state index in [0.29, 0.717) is 31.8 Å². The normalized spacial score (nSPS) is 10.2. The minimum Gasteiger partial charge on any atom is -0.382 e. The van der Waals surface area contributed by atoms with E-state index in [2.05, 4.69) is 9.97 Å². The second-order valence-corrected chi connectivity index (χ2v) is 2.91. The largest absolute Gasteiger partial charge is 0.382 e. The van der Waals surface area contributed by atoms with Gasteiger partial charge in [0.2, 0.25) is 0 Å². The molecule has 0 atom stereocenters. The first kappa shape index (κ1) is 11.7. The molecule has 0 radical (unpaired) electrons. The van der Waals surface area contributed by atoms with E-state index < -0.39 is 0 Å². The highest BCUT2D eigenvalue weighted by atomic mass is 16.5. The van der Waals surface area contributed by atoms with Gasteiger partial charge in [0.15, 0.2) is 5.78 Å². The second kappa shape index (κ2) is 7.03. The van der Waals surface area contributed by atoms with Gasteiger partial charge in [-0.15, -0.1) is 0 Å². The SMILES string of the molecule is COCCOCCC(=O)c1cncnc1. The van der Waals surface area contributed by atoms with Crippen LogP contribution in [0.2, 0.25) is 0 Å². The Morgan fingerprint density at radius 1 is 1.27 bits per heavy atom. The maximum atomic E-state index is 11.5. The van der Waals surface area contributed by atoms with Gasteiger partial charge in [-0.25, -0.2) is 9.97 Å². The summed E-state index contributed by atoms with van der Waals surface area (Å²) in [6, 6.07) is 0. The van der Waals surface area contributed by atoms with E-state index in [4.69, 9.17) is 9.47 Å². The third kappa shape index (κ3) is 4.62. The average molecular weight is 210 g/mol. The molecule has 1 heterocycles. The first-order valence-electron chi connectivity index (χ1n) is 4.69. The lowest BCUT2D eigenvalue weighted by molar-refractivity contribution is 0.0641. The third-order valence-electron chi connectivity index (χ3n) is 1.79. The highest BCUT2D eigenvalue weighted by Gasteiger charge is 2.05. The lowest BCUT2D eigenvalue weighted by atomic mass is 10.2. The van der Waals surface area contributed by atoms with Gasteiger partial charge in [-0.3, -0.25) is 4.79 Å². The molecular formula is C10H14N2O3. The molecule has 0 N–H and O–H groups in total. The number of carbonyl (C=O) groups excluding carboxylic acids is 1. The first-order chi connectivity index (χ1) is 7.34. The van der Waals surface area contributed by atoms with Crippen molar-refractivity contribution in [1.29, 1.82) is 0 Å². The number of aromatic nitrogens is 2. The van der Waals surface area contributed by atoms with Crippen LogP contribution in [-0.4, -0.2) is 42.7 Å². The molecule has 0 aliphatic carbocycles. The number of hydrogen-bond donors (Lipinski definition) is 0. The lowest BCUT2D eigenvalue weighted by Crippen LogP contribution is -2.08. The third-order valence-corrected chi connectivity index (χ3v) is 1.79. The topological polar surface area (TPSA) is 61.3 Å². The number of hydrogen-bond acceptors (Lipinski definition) is 5. The highest BCUT2D eigenvalue weighted by Crippen LogP contribution is 1.99. The highest BCUT2D eigenvalue weighted by molar-refractivity contribution is 5.95. The summed E-state index contributed by atoms with van der Waals surface area (Å²) < 4.78 is 9.98. The van der Waals surface area contributed by atoms with Gasteiger partial charge in [-0.05, 0) is 0 Å². The van der Waals surface area contributed by atoms with Gasteiger partial charge >= 0.3 is 0 Å². The summed E-state index contributed by atoms with van der Waals surface area (Å²) in [6.45, 7) is 1.45. The molecule has 0 bridgehead atoms. The summed E-state index contributed by atoms with van der Waals surface area (Å²) in [5.74, 6) is -0.00647. The number of nitrogens with zero attached hydrogens (tertiary/aromatic N) is 2. The van der Waals surface area contributed by atoms with Crippen molar-refractivity contribution >= 4 is 5.78 Å². The van der Waals surface area contributed by atoms with Crippen LogP contribution in [0.4, 0.5) is 0 Å². The van der Waals surface area contributed by atoms with Crippen molar-refractivity contribution in [2.45, 2.75) is 6.42 Å². The fraction of sp³-hybridized carbons (Fsp3) is 0.500. The molecule has 0 aromatic carbocycles. The Labute approximate surface area is 88.4 Å². The molecule has 1 aromatic heterocycles. The first-order valence-corrected chi connectivity index (χ1v) is 4.69. The molecule has 1 aromatic rings. The average Bonchev–Trinajstić information content (AvgIpc) is 2.30. The minimum atomic E-state index is -0.00647. The van der Waals surface area contributed by atoms with E-state index in [1.165, 1.54) is 18.7 Å². The molecule has 15 heavy (non-hydrogen) atoms. The lowest BCUT2D eigenvalue weighted by Gasteiger charge is -2.02. The molecule has 5 heteroatoms. The predicted octanol–water partition coefficient (Wildman–Crippen LogP) is 0.712. The van der Waals surface area contributed by atoms with E-state index in [1.807, 2.05) is 0 Å². The second-order valence-electron chi connectivity index (χ2n) is 2.91. The number of Topliss-reactive ketones (excluding diaryl/α,β-unsaturated/α-hetero) is 1. The fourth-order valence-electron chi connectivity index (χ4n) is 0.997. The molecule has 5 nitrogen and oxygen atoms in total. The van der Waals surface area contributed by atoms with Gasteiger partial charge in [-0.2, -0.15) is 0 Å². The van der Waals surface area contributed by atoms with Crippen LogP contribution in [0.3, 0.4) is 0 Å². The van der Waals surface area contributed by atoms with E-state index in [0.717, 1.165) is 0 Å². The van der Waals surface area contributed by atoms with Crippen LogP contribution >= 0.6 is 0 Å². The summed E-state index contributed by atoms with van der Waals surface area (Å²) >= 11 is 0. The maximum absolute atomic E-state index is 11.5. The van der Waals surface area contributed by atoms with E-state index in [-0.39, 0.29) is 5.78 Å². The molecule has 0 unspecified atom stereocenters. The van der Waals surface area contributed by atoms with Crippen LogP contribution in [0.15, 0.2) is 18.7 Å². The van der Waals surface area contributed by atoms with Crippen molar-refractivity contribution in [2.75, 3.05) is 26.9 Å². The molecule has 0 saturated carbocycles. The molecule has 0 amide bonds. The quantitative estimate of drug-likeness (QED) is 0.490. The molecule has 0 saturated heterocycles. The van der Waals surface area contributed by atoms with E-state index in [9.17, 15) is 4.79 Å². The Bertz CT molecular complexity index is 290. The molecule has 0 aliphatic rings. The molecule has 1 rings (SSSR count). The Kier molecular flexibility index (Phi) is 5.50. The number of methoxy groups -OCH3 is 1. The van der Waals surface area contributed by atoms with Crippen LogP contribution in [0.5, 0.6) is 0 Å². The molecular weight excluding hydrogens is 196 g/mol. The zero-order valence-electron chi connectivity index (χ0n) is 8.68. The van der Waals surface area contributed by atoms with Gasteiger partial charge in [0, 0.05) is 25.9 Å². The molecule has 0 fully saturated rings. The Hall–Kier alpha value is -1.33. The summed E-state index contributed by atoms with van der Waals surface area (Å²) in [6.07, 6.45) is 4.75. The van der Waals surface area contributed by atoms with Crippen molar-refractivity contribution in [3.05, 3.63) is 24.3 Å². The summed E-state index contributed by atoms with van der Waals surface area (Å²) in [4.78, 5) is 19.0. The monoisotopic (exact) mass is 210 g/mol. The van der Waals surface area contributed by atoms with Crippen LogP contribution in [0.25, 0.3) is 0 Å². The summed E-state index contributed by atoms with van der Waals surface area (Å²) in [5.41, 5.74) is 0.521. The van der Waals surface area contributed by atoms with E-state index in [1.54, 1.807) is 7.11 Å². The summed E-state index contributed by atoms with van der Waals surface area (Å²) in [5, 5.41) is 0.